The van der Waals surface area contributed by atoms with E-state index in [1.165, 1.54) is 23.0 Å². The van der Waals surface area contributed by atoms with Crippen molar-refractivity contribution in [3.8, 4) is 0 Å². The Labute approximate surface area is 152 Å². The van der Waals surface area contributed by atoms with Crippen LogP contribution in [0.25, 0.3) is 10.2 Å². The molecule has 134 valence electrons. The van der Waals surface area contributed by atoms with Crippen molar-refractivity contribution in [3.05, 3.63) is 63.5 Å². The van der Waals surface area contributed by atoms with Crippen molar-refractivity contribution in [2.45, 2.75) is 20.1 Å². The molecule has 0 bridgehead atoms. The molecular formula is C18H16N2O5S. The summed E-state index contributed by atoms with van der Waals surface area (Å²) < 4.78 is 11.3. The number of benzene rings is 1. The first kappa shape index (κ1) is 17.8. The Morgan fingerprint density at radius 1 is 1.19 bits per heavy atom. The molecule has 0 saturated carbocycles. The topological polar surface area (TPSA) is 87.5 Å². The first-order valence-corrected chi connectivity index (χ1v) is 8.81. The molecular weight excluding hydrogens is 356 g/mol. The summed E-state index contributed by atoms with van der Waals surface area (Å²) >= 11 is 1.18. The highest BCUT2D eigenvalue weighted by Gasteiger charge is 2.19. The van der Waals surface area contributed by atoms with Crippen LogP contribution in [0.5, 0.6) is 0 Å². The quantitative estimate of drug-likeness (QED) is 0.618. The summed E-state index contributed by atoms with van der Waals surface area (Å²) in [6, 6.07) is 9.24. The first-order chi connectivity index (χ1) is 12.6. The van der Waals surface area contributed by atoms with Gasteiger partial charge in [0.1, 0.15) is 18.0 Å². The van der Waals surface area contributed by atoms with Crippen molar-refractivity contribution < 1.29 is 19.1 Å². The number of carbonyl (C=O) groups excluding carboxylic acids is 2. The molecule has 2 heterocycles. The fourth-order valence-electron chi connectivity index (χ4n) is 2.36. The van der Waals surface area contributed by atoms with Gasteiger partial charge < -0.3 is 9.47 Å². The highest BCUT2D eigenvalue weighted by Crippen LogP contribution is 2.21. The van der Waals surface area contributed by atoms with E-state index in [0.717, 1.165) is 10.1 Å². The summed E-state index contributed by atoms with van der Waals surface area (Å²) in [4.78, 5) is 41.2. The Hall–Kier alpha value is -3.00. The lowest BCUT2D eigenvalue weighted by Crippen LogP contribution is -2.26. The molecule has 0 saturated heterocycles. The molecule has 0 radical (unpaired) electrons. The lowest BCUT2D eigenvalue weighted by molar-refractivity contribution is -0.145. The molecule has 3 rings (SSSR count). The predicted octanol–water partition coefficient (Wildman–Crippen LogP) is 2.38. The average Bonchev–Trinajstić information content (AvgIpc) is 3.08. The zero-order valence-electron chi connectivity index (χ0n) is 14.0. The SMILES string of the molecule is CCOC(=O)c1csc2ncn(CC(=O)OCc3ccccc3)c(=O)c12. The van der Waals surface area contributed by atoms with Crippen molar-refractivity contribution in [1.82, 2.24) is 9.55 Å². The summed E-state index contributed by atoms with van der Waals surface area (Å²) in [5.41, 5.74) is 0.538. The molecule has 0 unspecified atom stereocenters. The number of ether oxygens (including phenoxy) is 2. The molecule has 0 amide bonds. The third-order valence-corrected chi connectivity index (χ3v) is 4.48. The number of hydrogen-bond donors (Lipinski definition) is 0. The van der Waals surface area contributed by atoms with Gasteiger partial charge in [-0.2, -0.15) is 0 Å². The van der Waals surface area contributed by atoms with Gasteiger partial charge in [-0.25, -0.2) is 9.78 Å². The van der Waals surface area contributed by atoms with Gasteiger partial charge in [0.2, 0.25) is 0 Å². The highest BCUT2D eigenvalue weighted by atomic mass is 32.1. The largest absolute Gasteiger partial charge is 0.462 e. The van der Waals surface area contributed by atoms with Crippen LogP contribution in [0, 0.1) is 0 Å². The van der Waals surface area contributed by atoms with Crippen molar-refractivity contribution in [1.29, 1.82) is 0 Å². The number of aromatic nitrogens is 2. The molecule has 0 N–H and O–H groups in total. The maximum atomic E-state index is 12.6. The lowest BCUT2D eigenvalue weighted by atomic mass is 10.2. The number of rotatable bonds is 6. The summed E-state index contributed by atoms with van der Waals surface area (Å²) in [5.74, 6) is -1.15. The molecule has 0 aliphatic heterocycles. The predicted molar refractivity (Wildman–Crippen MR) is 96.1 cm³/mol. The maximum absolute atomic E-state index is 12.6. The van der Waals surface area contributed by atoms with Gasteiger partial charge >= 0.3 is 11.9 Å². The number of hydrogen-bond acceptors (Lipinski definition) is 7. The second-order valence-corrected chi connectivity index (χ2v) is 6.23. The van der Waals surface area contributed by atoms with Gasteiger partial charge in [-0.05, 0) is 12.5 Å². The third kappa shape index (κ3) is 3.80. The molecule has 7 nitrogen and oxygen atoms in total. The molecule has 0 atom stereocenters. The van der Waals surface area contributed by atoms with Crippen LogP contribution < -0.4 is 5.56 Å². The van der Waals surface area contributed by atoms with Gasteiger partial charge in [0.05, 0.1) is 23.9 Å². The zero-order valence-corrected chi connectivity index (χ0v) is 14.8. The van der Waals surface area contributed by atoms with Crippen LogP contribution in [-0.2, 0) is 27.4 Å². The van der Waals surface area contributed by atoms with Gasteiger partial charge in [-0.3, -0.25) is 14.2 Å². The Morgan fingerprint density at radius 2 is 1.96 bits per heavy atom. The normalized spacial score (nSPS) is 10.7. The number of esters is 2. The van der Waals surface area contributed by atoms with E-state index < -0.39 is 17.5 Å². The third-order valence-electron chi connectivity index (χ3n) is 3.60. The van der Waals surface area contributed by atoms with E-state index >= 15 is 0 Å². The van der Waals surface area contributed by atoms with Crippen molar-refractivity contribution in [3.63, 3.8) is 0 Å². The minimum atomic E-state index is -0.581. The van der Waals surface area contributed by atoms with E-state index in [0.29, 0.717) is 4.83 Å². The molecule has 3 aromatic rings. The van der Waals surface area contributed by atoms with E-state index in [1.807, 2.05) is 30.3 Å². The number of fused-ring (bicyclic) bond motifs is 1. The maximum Gasteiger partial charge on any atom is 0.339 e. The fraction of sp³-hybridized carbons (Fsp3) is 0.222. The first-order valence-electron chi connectivity index (χ1n) is 7.93. The second-order valence-electron chi connectivity index (χ2n) is 5.37. The van der Waals surface area contributed by atoms with Gasteiger partial charge in [0.25, 0.3) is 5.56 Å². The summed E-state index contributed by atoms with van der Waals surface area (Å²) in [5, 5.41) is 1.70. The van der Waals surface area contributed by atoms with Crippen LogP contribution in [0.1, 0.15) is 22.8 Å². The van der Waals surface area contributed by atoms with E-state index in [9.17, 15) is 14.4 Å². The molecule has 2 aromatic heterocycles. The van der Waals surface area contributed by atoms with Crippen LogP contribution in [0.15, 0.2) is 46.8 Å². The monoisotopic (exact) mass is 372 g/mol. The summed E-state index contributed by atoms with van der Waals surface area (Å²) in [7, 11) is 0. The molecule has 26 heavy (non-hydrogen) atoms. The molecule has 0 fully saturated rings. The van der Waals surface area contributed by atoms with Gasteiger partial charge in [0.15, 0.2) is 0 Å². The summed E-state index contributed by atoms with van der Waals surface area (Å²) in [6.07, 6.45) is 1.28. The zero-order chi connectivity index (χ0) is 18.5. The highest BCUT2D eigenvalue weighted by molar-refractivity contribution is 7.17. The van der Waals surface area contributed by atoms with Crippen molar-refractivity contribution in [2.75, 3.05) is 6.61 Å². The van der Waals surface area contributed by atoms with Crippen molar-refractivity contribution >= 4 is 33.5 Å². The van der Waals surface area contributed by atoms with Gasteiger partial charge in [-0.1, -0.05) is 30.3 Å². The minimum Gasteiger partial charge on any atom is -0.462 e. The van der Waals surface area contributed by atoms with Crippen LogP contribution >= 0.6 is 11.3 Å². The van der Waals surface area contributed by atoms with E-state index in [2.05, 4.69) is 4.98 Å². The fourth-order valence-corrected chi connectivity index (χ4v) is 3.23. The average molecular weight is 372 g/mol. The lowest BCUT2D eigenvalue weighted by Gasteiger charge is -2.07. The number of thiophene rings is 1. The van der Waals surface area contributed by atoms with Gasteiger partial charge in [-0.15, -0.1) is 11.3 Å². The Morgan fingerprint density at radius 3 is 2.69 bits per heavy atom. The molecule has 0 aliphatic carbocycles. The van der Waals surface area contributed by atoms with E-state index in [4.69, 9.17) is 9.47 Å². The van der Waals surface area contributed by atoms with Crippen molar-refractivity contribution in [2.24, 2.45) is 0 Å². The van der Waals surface area contributed by atoms with Crippen LogP contribution in [-0.4, -0.2) is 28.1 Å². The molecule has 0 aliphatic rings. The number of carbonyl (C=O) groups is 2. The summed E-state index contributed by atoms with van der Waals surface area (Å²) in [6.45, 7) is 1.73. The minimum absolute atomic E-state index is 0.122. The van der Waals surface area contributed by atoms with Crippen LogP contribution in [0.2, 0.25) is 0 Å². The van der Waals surface area contributed by atoms with Crippen LogP contribution in [0.4, 0.5) is 0 Å². The van der Waals surface area contributed by atoms with E-state index in [1.54, 1.807) is 6.92 Å². The Balaban J connectivity index is 1.78. The van der Waals surface area contributed by atoms with Crippen LogP contribution in [0.3, 0.4) is 0 Å². The van der Waals surface area contributed by atoms with Gasteiger partial charge in [0, 0.05) is 5.38 Å². The standard InChI is InChI=1S/C18H16N2O5S/c1-2-24-18(23)13-10-26-16-15(13)17(22)20(11-19-16)8-14(21)25-9-12-6-4-3-5-7-12/h3-7,10-11H,2,8-9H2,1H3. The molecule has 0 spiro atoms. The molecule has 8 heteroatoms. The Kier molecular flexibility index (Phi) is 5.43. The smallest absolute Gasteiger partial charge is 0.339 e. The number of nitrogens with zero attached hydrogens (tertiary/aromatic N) is 2. The van der Waals surface area contributed by atoms with E-state index in [-0.39, 0.29) is 30.7 Å². The Bertz CT molecular complexity index is 994. The second kappa shape index (κ2) is 7.92. The molecule has 1 aromatic carbocycles.